The van der Waals surface area contributed by atoms with Gasteiger partial charge in [0.15, 0.2) is 5.16 Å². The second kappa shape index (κ2) is 6.41. The molecule has 0 atom stereocenters. The van der Waals surface area contributed by atoms with Gasteiger partial charge in [0.25, 0.3) is 0 Å². The number of nitrogens with zero attached hydrogens (tertiary/aromatic N) is 2. The highest BCUT2D eigenvalue weighted by molar-refractivity contribution is 7.98. The van der Waals surface area contributed by atoms with Crippen LogP contribution in [0, 0.1) is 0 Å². The second-order valence-electron chi connectivity index (χ2n) is 5.22. The summed E-state index contributed by atoms with van der Waals surface area (Å²) in [6, 6.07) is 15.7. The van der Waals surface area contributed by atoms with E-state index in [0.717, 1.165) is 33.2 Å². The van der Waals surface area contributed by atoms with E-state index < -0.39 is 0 Å². The smallest absolute Gasteiger partial charge is 0.226 e. The molecule has 0 unspecified atom stereocenters. The summed E-state index contributed by atoms with van der Waals surface area (Å²) < 4.78 is 10.8. The van der Waals surface area contributed by atoms with Gasteiger partial charge in [-0.1, -0.05) is 30.0 Å². The van der Waals surface area contributed by atoms with E-state index in [1.54, 1.807) is 25.1 Å². The van der Waals surface area contributed by atoms with E-state index in [0.29, 0.717) is 11.6 Å². The first-order chi connectivity index (χ1) is 11.8. The number of fused-ring (bicyclic) bond motifs is 1. The van der Waals surface area contributed by atoms with E-state index in [9.17, 15) is 0 Å². The third kappa shape index (κ3) is 3.00. The van der Waals surface area contributed by atoms with Crippen LogP contribution in [0.2, 0.25) is 0 Å². The Morgan fingerprint density at radius 3 is 2.83 bits per heavy atom. The third-order valence-electron chi connectivity index (χ3n) is 3.60. The normalized spacial score (nSPS) is 11.0. The van der Waals surface area contributed by atoms with Gasteiger partial charge in [0.1, 0.15) is 12.0 Å². The van der Waals surface area contributed by atoms with Gasteiger partial charge in [-0.15, -0.1) is 0 Å². The maximum Gasteiger partial charge on any atom is 0.226 e. The van der Waals surface area contributed by atoms with Crippen LogP contribution >= 0.6 is 11.8 Å². The molecule has 0 radical (unpaired) electrons. The third-order valence-corrected chi connectivity index (χ3v) is 4.50. The van der Waals surface area contributed by atoms with E-state index >= 15 is 0 Å². The lowest BCUT2D eigenvalue weighted by Gasteiger charge is -1.96. The molecule has 0 bridgehead atoms. The molecular weight excluding hydrogens is 322 g/mol. The van der Waals surface area contributed by atoms with Gasteiger partial charge in [-0.2, -0.15) is 0 Å². The Hall–Kier alpha value is -2.73. The van der Waals surface area contributed by atoms with Crippen LogP contribution in [-0.2, 0) is 5.75 Å². The average Bonchev–Trinajstić information content (AvgIpc) is 3.26. The zero-order valence-corrected chi connectivity index (χ0v) is 13.8. The molecule has 0 aliphatic heterocycles. The maximum atomic E-state index is 5.56. The number of imidazole rings is 1. The van der Waals surface area contributed by atoms with Gasteiger partial charge < -0.3 is 14.1 Å². The van der Waals surface area contributed by atoms with Gasteiger partial charge in [-0.05, 0) is 24.3 Å². The van der Waals surface area contributed by atoms with Crippen LogP contribution in [0.3, 0.4) is 0 Å². The van der Waals surface area contributed by atoms with Crippen molar-refractivity contribution in [3.8, 4) is 17.2 Å². The zero-order chi connectivity index (χ0) is 16.4. The SMILES string of the molecule is COc1ccc2nc(SCc3coc(-c4ccccc4)n3)[nH]c2c1. The van der Waals surface area contributed by atoms with E-state index in [2.05, 4.69) is 15.0 Å². The number of H-pyrrole nitrogens is 1. The molecule has 2 heterocycles. The van der Waals surface area contributed by atoms with Crippen molar-refractivity contribution in [3.63, 3.8) is 0 Å². The molecule has 4 aromatic rings. The molecule has 5 nitrogen and oxygen atoms in total. The summed E-state index contributed by atoms with van der Waals surface area (Å²) >= 11 is 1.59. The molecule has 24 heavy (non-hydrogen) atoms. The number of ether oxygens (including phenoxy) is 1. The Morgan fingerprint density at radius 1 is 1.12 bits per heavy atom. The summed E-state index contributed by atoms with van der Waals surface area (Å²) in [5.41, 5.74) is 3.74. The second-order valence-corrected chi connectivity index (χ2v) is 6.19. The highest BCUT2D eigenvalue weighted by Crippen LogP contribution is 2.26. The molecule has 0 spiro atoms. The first kappa shape index (κ1) is 14.8. The zero-order valence-electron chi connectivity index (χ0n) is 13.0. The van der Waals surface area contributed by atoms with Gasteiger partial charge in [-0.25, -0.2) is 9.97 Å². The number of rotatable bonds is 5. The highest BCUT2D eigenvalue weighted by Gasteiger charge is 2.09. The first-order valence-electron chi connectivity index (χ1n) is 7.48. The van der Waals surface area contributed by atoms with Gasteiger partial charge in [0.2, 0.25) is 5.89 Å². The van der Waals surface area contributed by atoms with Crippen LogP contribution in [0.5, 0.6) is 5.75 Å². The summed E-state index contributed by atoms with van der Waals surface area (Å²) in [5.74, 6) is 2.14. The molecule has 1 N–H and O–H groups in total. The van der Waals surface area contributed by atoms with Crippen LogP contribution in [0.15, 0.2) is 64.4 Å². The van der Waals surface area contributed by atoms with Gasteiger partial charge >= 0.3 is 0 Å². The van der Waals surface area contributed by atoms with Crippen LogP contribution < -0.4 is 4.74 Å². The molecule has 0 amide bonds. The summed E-state index contributed by atoms with van der Waals surface area (Å²) in [5, 5.41) is 0.850. The van der Waals surface area contributed by atoms with Crippen molar-refractivity contribution in [2.75, 3.05) is 7.11 Å². The number of thioether (sulfide) groups is 1. The summed E-state index contributed by atoms with van der Waals surface area (Å²) in [7, 11) is 1.65. The number of oxazole rings is 1. The molecule has 0 aliphatic carbocycles. The van der Waals surface area contributed by atoms with E-state index in [4.69, 9.17) is 9.15 Å². The van der Waals surface area contributed by atoms with E-state index in [1.165, 1.54) is 0 Å². The Balaban J connectivity index is 1.48. The molecule has 0 saturated heterocycles. The number of benzene rings is 2. The van der Waals surface area contributed by atoms with Crippen molar-refractivity contribution >= 4 is 22.8 Å². The summed E-state index contributed by atoms with van der Waals surface area (Å²) in [6.07, 6.45) is 1.70. The van der Waals surface area contributed by atoms with Gasteiger partial charge in [0.05, 0.1) is 23.8 Å². The molecule has 120 valence electrons. The first-order valence-corrected chi connectivity index (χ1v) is 8.47. The Kier molecular flexibility index (Phi) is 3.96. The fourth-order valence-electron chi connectivity index (χ4n) is 2.39. The minimum atomic E-state index is 0.639. The number of aromatic amines is 1. The summed E-state index contributed by atoms with van der Waals surface area (Å²) in [6.45, 7) is 0. The molecule has 2 aromatic carbocycles. The predicted octanol–water partition coefficient (Wildman–Crippen LogP) is 4.52. The lowest BCUT2D eigenvalue weighted by atomic mass is 10.2. The van der Waals surface area contributed by atoms with Crippen molar-refractivity contribution in [3.05, 3.63) is 60.5 Å². The molecule has 0 saturated carbocycles. The minimum Gasteiger partial charge on any atom is -0.497 e. The number of methoxy groups -OCH3 is 1. The topological polar surface area (TPSA) is 63.9 Å². The van der Waals surface area contributed by atoms with Crippen molar-refractivity contribution in [1.82, 2.24) is 15.0 Å². The molecule has 0 fully saturated rings. The van der Waals surface area contributed by atoms with Crippen LogP contribution in [0.25, 0.3) is 22.5 Å². The number of aromatic nitrogens is 3. The quantitative estimate of drug-likeness (QED) is 0.543. The van der Waals surface area contributed by atoms with Gasteiger partial charge in [-0.3, -0.25) is 0 Å². The standard InChI is InChI=1S/C18H15N3O2S/c1-22-14-7-8-15-16(9-14)21-18(20-15)24-11-13-10-23-17(19-13)12-5-3-2-4-6-12/h2-10H,11H2,1H3,(H,20,21). The van der Waals surface area contributed by atoms with Crippen molar-refractivity contribution in [2.24, 2.45) is 0 Å². The minimum absolute atomic E-state index is 0.639. The van der Waals surface area contributed by atoms with Crippen LogP contribution in [-0.4, -0.2) is 22.1 Å². The number of hydrogen-bond donors (Lipinski definition) is 1. The molecule has 4 rings (SSSR count). The fourth-order valence-corrected chi connectivity index (χ4v) is 3.15. The molecular formula is C18H15N3O2S. The number of hydrogen-bond acceptors (Lipinski definition) is 5. The van der Waals surface area contributed by atoms with Crippen LogP contribution in [0.4, 0.5) is 0 Å². The molecule has 2 aromatic heterocycles. The lowest BCUT2D eigenvalue weighted by Crippen LogP contribution is -1.83. The van der Waals surface area contributed by atoms with Crippen molar-refractivity contribution in [2.45, 2.75) is 10.9 Å². The van der Waals surface area contributed by atoms with Crippen LogP contribution in [0.1, 0.15) is 5.69 Å². The Bertz CT molecular complexity index is 963. The fraction of sp³-hybridized carbons (Fsp3) is 0.111. The average molecular weight is 337 g/mol. The Labute approximate surface area is 143 Å². The predicted molar refractivity (Wildman–Crippen MR) is 94.1 cm³/mol. The van der Waals surface area contributed by atoms with Gasteiger partial charge in [0, 0.05) is 17.4 Å². The van der Waals surface area contributed by atoms with Crippen molar-refractivity contribution < 1.29 is 9.15 Å². The van der Waals surface area contributed by atoms with E-state index in [-0.39, 0.29) is 0 Å². The summed E-state index contributed by atoms with van der Waals surface area (Å²) in [4.78, 5) is 12.4. The maximum absolute atomic E-state index is 5.56. The lowest BCUT2D eigenvalue weighted by molar-refractivity contribution is 0.415. The molecule has 0 aliphatic rings. The largest absolute Gasteiger partial charge is 0.497 e. The Morgan fingerprint density at radius 2 is 2.00 bits per heavy atom. The van der Waals surface area contributed by atoms with Crippen molar-refractivity contribution in [1.29, 1.82) is 0 Å². The number of nitrogens with one attached hydrogen (secondary N) is 1. The monoisotopic (exact) mass is 337 g/mol. The van der Waals surface area contributed by atoms with E-state index in [1.807, 2.05) is 48.5 Å². The highest BCUT2D eigenvalue weighted by atomic mass is 32.2. The molecule has 6 heteroatoms.